The van der Waals surface area contributed by atoms with Gasteiger partial charge in [0.15, 0.2) is 0 Å². The van der Waals surface area contributed by atoms with Crippen molar-refractivity contribution in [3.05, 3.63) is 76.1 Å². The number of hydrogen-bond acceptors (Lipinski definition) is 2. The van der Waals surface area contributed by atoms with Crippen LogP contribution in [0.25, 0.3) is 10.9 Å². The van der Waals surface area contributed by atoms with Crippen molar-refractivity contribution in [3.63, 3.8) is 0 Å². The Morgan fingerprint density at radius 1 is 1.13 bits per heavy atom. The second-order valence-electron chi connectivity index (χ2n) is 5.14. The van der Waals surface area contributed by atoms with Crippen LogP contribution >= 0.6 is 15.9 Å². The monoisotopic (exact) mass is 372 g/mol. The zero-order valence-electron chi connectivity index (χ0n) is 12.2. The maximum Gasteiger partial charge on any atom is 0.269 e. The van der Waals surface area contributed by atoms with Crippen LogP contribution in [-0.4, -0.2) is 17.4 Å². The van der Waals surface area contributed by atoms with Gasteiger partial charge in [-0.2, -0.15) is 0 Å². The topological polar surface area (TPSA) is 42.0 Å². The SMILES string of the molecule is O=C(NCCc1ccc(F)c(Br)c1)c1ccc2ccccc2n1. The summed E-state index contributed by atoms with van der Waals surface area (Å²) in [5, 5.41) is 3.84. The van der Waals surface area contributed by atoms with Gasteiger partial charge in [0.25, 0.3) is 5.91 Å². The summed E-state index contributed by atoms with van der Waals surface area (Å²) in [4.78, 5) is 16.5. The standard InChI is InChI=1S/C18H14BrFN2O/c19-14-11-12(5-7-15(14)20)9-10-21-18(23)17-8-6-13-3-1-2-4-16(13)22-17/h1-8,11H,9-10H2,(H,21,23). The van der Waals surface area contributed by atoms with Crippen LogP contribution < -0.4 is 5.32 Å². The van der Waals surface area contributed by atoms with E-state index in [9.17, 15) is 9.18 Å². The fourth-order valence-corrected chi connectivity index (χ4v) is 2.72. The molecule has 5 heteroatoms. The number of nitrogens with one attached hydrogen (secondary N) is 1. The van der Waals surface area contributed by atoms with Gasteiger partial charge in [0.2, 0.25) is 0 Å². The van der Waals surface area contributed by atoms with Gasteiger partial charge in [-0.05, 0) is 52.2 Å². The van der Waals surface area contributed by atoms with E-state index in [1.165, 1.54) is 6.07 Å². The molecule has 1 amide bonds. The number of para-hydroxylation sites is 1. The number of fused-ring (bicyclic) bond motifs is 1. The zero-order valence-corrected chi connectivity index (χ0v) is 13.8. The quantitative estimate of drug-likeness (QED) is 0.748. The molecule has 3 aromatic rings. The number of carbonyl (C=O) groups is 1. The molecule has 1 aromatic heterocycles. The summed E-state index contributed by atoms with van der Waals surface area (Å²) < 4.78 is 13.6. The Kier molecular flexibility index (Phi) is 4.67. The van der Waals surface area contributed by atoms with Crippen molar-refractivity contribution in [2.45, 2.75) is 6.42 Å². The van der Waals surface area contributed by atoms with Crippen LogP contribution in [-0.2, 0) is 6.42 Å². The summed E-state index contributed by atoms with van der Waals surface area (Å²) in [6.45, 7) is 0.464. The van der Waals surface area contributed by atoms with Crippen LogP contribution in [0.3, 0.4) is 0 Å². The lowest BCUT2D eigenvalue weighted by Gasteiger charge is -2.06. The molecule has 0 atom stereocenters. The minimum Gasteiger partial charge on any atom is -0.350 e. The van der Waals surface area contributed by atoms with Crippen molar-refractivity contribution in [1.82, 2.24) is 10.3 Å². The van der Waals surface area contributed by atoms with Crippen LogP contribution in [0.5, 0.6) is 0 Å². The van der Waals surface area contributed by atoms with Crippen LogP contribution in [0.15, 0.2) is 59.1 Å². The van der Waals surface area contributed by atoms with Gasteiger partial charge in [0.05, 0.1) is 9.99 Å². The molecule has 0 aliphatic carbocycles. The lowest BCUT2D eigenvalue weighted by molar-refractivity contribution is 0.0949. The fraction of sp³-hybridized carbons (Fsp3) is 0.111. The Morgan fingerprint density at radius 3 is 2.78 bits per heavy atom. The first-order chi connectivity index (χ1) is 11.1. The molecular weight excluding hydrogens is 359 g/mol. The third kappa shape index (κ3) is 3.74. The molecule has 3 nitrogen and oxygen atoms in total. The third-order valence-corrected chi connectivity index (χ3v) is 4.12. The average molecular weight is 373 g/mol. The number of benzene rings is 2. The molecule has 0 unspecified atom stereocenters. The number of rotatable bonds is 4. The first-order valence-electron chi connectivity index (χ1n) is 7.21. The molecule has 0 saturated carbocycles. The maximum absolute atomic E-state index is 13.2. The summed E-state index contributed by atoms with van der Waals surface area (Å²) in [6.07, 6.45) is 0.623. The number of halogens is 2. The van der Waals surface area contributed by atoms with E-state index in [0.717, 1.165) is 16.5 Å². The van der Waals surface area contributed by atoms with E-state index in [1.54, 1.807) is 18.2 Å². The third-order valence-electron chi connectivity index (χ3n) is 3.51. The first kappa shape index (κ1) is 15.6. The number of hydrogen-bond donors (Lipinski definition) is 1. The van der Waals surface area contributed by atoms with Gasteiger partial charge < -0.3 is 5.32 Å². The number of amides is 1. The minimum atomic E-state index is -0.293. The van der Waals surface area contributed by atoms with E-state index in [0.29, 0.717) is 23.1 Å². The predicted octanol–water partition coefficient (Wildman–Crippen LogP) is 4.11. The van der Waals surface area contributed by atoms with Crippen LogP contribution in [0, 0.1) is 5.82 Å². The second-order valence-corrected chi connectivity index (χ2v) is 6.00. The van der Waals surface area contributed by atoms with Crippen LogP contribution in [0.2, 0.25) is 0 Å². The molecule has 0 aliphatic heterocycles. The van der Waals surface area contributed by atoms with Gasteiger partial charge in [-0.1, -0.05) is 30.3 Å². The molecule has 2 aromatic carbocycles. The van der Waals surface area contributed by atoms with Gasteiger partial charge in [0, 0.05) is 11.9 Å². The van der Waals surface area contributed by atoms with Crippen molar-refractivity contribution in [1.29, 1.82) is 0 Å². The Labute approximate surface area is 141 Å². The highest BCUT2D eigenvalue weighted by Gasteiger charge is 2.08. The molecule has 23 heavy (non-hydrogen) atoms. The van der Waals surface area contributed by atoms with Crippen molar-refractivity contribution in [2.75, 3.05) is 6.54 Å². The maximum atomic E-state index is 13.2. The highest BCUT2D eigenvalue weighted by atomic mass is 79.9. The Bertz CT molecular complexity index is 867. The van der Waals surface area contributed by atoms with Gasteiger partial charge >= 0.3 is 0 Å². The average Bonchev–Trinajstić information content (AvgIpc) is 2.57. The van der Waals surface area contributed by atoms with E-state index < -0.39 is 0 Å². The van der Waals surface area contributed by atoms with Crippen LogP contribution in [0.1, 0.15) is 16.1 Å². The van der Waals surface area contributed by atoms with E-state index in [1.807, 2.05) is 30.3 Å². The fourth-order valence-electron chi connectivity index (χ4n) is 2.30. The van der Waals surface area contributed by atoms with E-state index in [2.05, 4.69) is 26.2 Å². The lowest BCUT2D eigenvalue weighted by atomic mass is 10.1. The first-order valence-corrected chi connectivity index (χ1v) is 8.01. The molecule has 0 aliphatic rings. The molecule has 0 bridgehead atoms. The van der Waals surface area contributed by atoms with Crippen molar-refractivity contribution in [2.24, 2.45) is 0 Å². The summed E-state index contributed by atoms with van der Waals surface area (Å²) in [5.74, 6) is -0.505. The summed E-state index contributed by atoms with van der Waals surface area (Å²) in [7, 11) is 0. The largest absolute Gasteiger partial charge is 0.350 e. The Hall–Kier alpha value is -2.27. The number of carbonyl (C=O) groups excluding carboxylic acids is 1. The summed E-state index contributed by atoms with van der Waals surface area (Å²) in [5.41, 5.74) is 2.14. The second kappa shape index (κ2) is 6.87. The van der Waals surface area contributed by atoms with E-state index in [-0.39, 0.29) is 11.7 Å². The molecule has 0 saturated heterocycles. The Morgan fingerprint density at radius 2 is 1.96 bits per heavy atom. The van der Waals surface area contributed by atoms with E-state index >= 15 is 0 Å². The molecule has 1 N–H and O–H groups in total. The molecule has 1 heterocycles. The predicted molar refractivity (Wildman–Crippen MR) is 91.9 cm³/mol. The summed E-state index contributed by atoms with van der Waals surface area (Å²) in [6, 6.07) is 16.1. The number of pyridine rings is 1. The molecule has 3 rings (SSSR count). The number of nitrogens with zero attached hydrogens (tertiary/aromatic N) is 1. The van der Waals surface area contributed by atoms with Gasteiger partial charge in [-0.15, -0.1) is 0 Å². The van der Waals surface area contributed by atoms with E-state index in [4.69, 9.17) is 0 Å². The van der Waals surface area contributed by atoms with Crippen molar-refractivity contribution < 1.29 is 9.18 Å². The van der Waals surface area contributed by atoms with Gasteiger partial charge in [-0.3, -0.25) is 4.79 Å². The lowest BCUT2D eigenvalue weighted by Crippen LogP contribution is -2.26. The highest BCUT2D eigenvalue weighted by molar-refractivity contribution is 9.10. The van der Waals surface area contributed by atoms with Crippen molar-refractivity contribution >= 4 is 32.7 Å². The molecule has 0 radical (unpaired) electrons. The molecule has 116 valence electrons. The minimum absolute atomic E-state index is 0.211. The number of aromatic nitrogens is 1. The smallest absolute Gasteiger partial charge is 0.269 e. The van der Waals surface area contributed by atoms with Gasteiger partial charge in [0.1, 0.15) is 11.5 Å². The van der Waals surface area contributed by atoms with Gasteiger partial charge in [-0.25, -0.2) is 9.37 Å². The highest BCUT2D eigenvalue weighted by Crippen LogP contribution is 2.17. The summed E-state index contributed by atoms with van der Waals surface area (Å²) >= 11 is 3.15. The molecule has 0 fully saturated rings. The van der Waals surface area contributed by atoms with Crippen LogP contribution in [0.4, 0.5) is 4.39 Å². The normalized spacial score (nSPS) is 10.7. The van der Waals surface area contributed by atoms with Crippen molar-refractivity contribution in [3.8, 4) is 0 Å². The molecular formula is C18H14BrFN2O. The zero-order chi connectivity index (χ0) is 16.2. The molecule has 0 spiro atoms. The Balaban J connectivity index is 1.62.